The molecule has 0 aliphatic heterocycles. The van der Waals surface area contributed by atoms with Gasteiger partial charge in [-0.15, -0.1) is 0 Å². The fourth-order valence-corrected chi connectivity index (χ4v) is 2.11. The molecule has 0 spiro atoms. The van der Waals surface area contributed by atoms with Crippen molar-refractivity contribution in [3.8, 4) is 0 Å². The average Bonchev–Trinajstić information content (AvgIpc) is 2.88. The van der Waals surface area contributed by atoms with Gasteiger partial charge in [0.1, 0.15) is 0 Å². The summed E-state index contributed by atoms with van der Waals surface area (Å²) in [5.41, 5.74) is 0.660. The van der Waals surface area contributed by atoms with Gasteiger partial charge in [0, 0.05) is 0 Å². The van der Waals surface area contributed by atoms with Crippen molar-refractivity contribution in [2.24, 2.45) is 0 Å². The Kier molecular flexibility index (Phi) is 12.8. The molecule has 0 radical (unpaired) electrons. The lowest BCUT2D eigenvalue weighted by Gasteiger charge is -1.97. The molecular formula is C27H21O6-3. The Morgan fingerprint density at radius 3 is 0.606 bits per heavy atom. The zero-order chi connectivity index (χ0) is 24.3. The third-order valence-corrected chi connectivity index (χ3v) is 3.70. The maximum atomic E-state index is 10.1. The fourth-order valence-electron chi connectivity index (χ4n) is 2.11. The van der Waals surface area contributed by atoms with Gasteiger partial charge in [0.25, 0.3) is 0 Å². The molecule has 6 nitrogen and oxygen atoms in total. The summed E-state index contributed by atoms with van der Waals surface area (Å²) >= 11 is 0. The summed E-state index contributed by atoms with van der Waals surface area (Å²) < 4.78 is 0. The van der Waals surface area contributed by atoms with Crippen LogP contribution in [0.25, 0.3) is 0 Å². The normalized spacial score (nSPS) is 8.73. The number of carbonyl (C=O) groups excluding carboxylic acids is 3. The van der Waals surface area contributed by atoms with E-state index < -0.39 is 17.9 Å². The largest absolute Gasteiger partial charge is 0.545 e. The van der Waals surface area contributed by atoms with E-state index in [4.69, 9.17) is 0 Å². The van der Waals surface area contributed by atoms with Crippen molar-refractivity contribution in [2.75, 3.05) is 0 Å². The Morgan fingerprint density at radius 2 is 0.485 bits per heavy atom. The van der Waals surface area contributed by atoms with Gasteiger partial charge in [0.05, 0.1) is 17.9 Å². The van der Waals surface area contributed by atoms with Crippen LogP contribution in [-0.4, -0.2) is 17.9 Å². The molecule has 0 heterocycles. The van der Waals surface area contributed by atoms with Gasteiger partial charge < -0.3 is 29.7 Å². The second kappa shape index (κ2) is 16.0. The zero-order valence-corrected chi connectivity index (χ0v) is 17.6. The molecule has 0 amide bonds. The van der Waals surface area contributed by atoms with Gasteiger partial charge in [-0.1, -0.05) is 127 Å². The van der Waals surface area contributed by atoms with Crippen LogP contribution < -0.4 is 15.3 Å². The first-order valence-electron chi connectivity index (χ1n) is 9.71. The smallest absolute Gasteiger partial charge is 0.0715 e. The molecule has 0 aromatic heterocycles. The van der Waals surface area contributed by atoms with Crippen LogP contribution in [0.1, 0.15) is 31.1 Å². The predicted molar refractivity (Wildman–Crippen MR) is 119 cm³/mol. The van der Waals surface area contributed by atoms with E-state index in [0.29, 0.717) is 0 Å². The number of rotatable bonds is 3. The van der Waals surface area contributed by atoms with E-state index in [1.807, 2.05) is 36.4 Å². The van der Waals surface area contributed by atoms with Gasteiger partial charge in [-0.05, 0) is 16.7 Å². The second-order valence-corrected chi connectivity index (χ2v) is 6.12. The minimum Gasteiger partial charge on any atom is -0.545 e. The van der Waals surface area contributed by atoms with Crippen LogP contribution in [-0.2, 0) is 0 Å². The molecular weight excluding hydrogens is 420 g/mol. The highest BCUT2D eigenvalue weighted by molar-refractivity contribution is 5.86. The molecule has 4 aromatic rings. The summed E-state index contributed by atoms with van der Waals surface area (Å²) in [6, 6.07) is 36.2. The predicted octanol–water partition coefficient (Wildman–Crippen LogP) is 1.84. The Balaban J connectivity index is 0.000000222. The molecule has 6 heteroatoms. The Hall–Kier alpha value is -4.71. The lowest BCUT2D eigenvalue weighted by atomic mass is 10.2. The molecule has 0 bridgehead atoms. The molecule has 0 atom stereocenters. The van der Waals surface area contributed by atoms with Gasteiger partial charge in [-0.3, -0.25) is 0 Å². The molecule has 0 unspecified atom stereocenters. The maximum absolute atomic E-state index is 10.1. The molecule has 0 N–H and O–H groups in total. The summed E-state index contributed by atoms with van der Waals surface area (Å²) in [5, 5.41) is 30.3. The van der Waals surface area contributed by atoms with E-state index in [2.05, 4.69) is 0 Å². The van der Waals surface area contributed by atoms with Crippen LogP contribution in [0.2, 0.25) is 0 Å². The van der Waals surface area contributed by atoms with Gasteiger partial charge in [0.2, 0.25) is 0 Å². The first kappa shape index (κ1) is 26.3. The highest BCUT2D eigenvalue weighted by Crippen LogP contribution is 1.95. The van der Waals surface area contributed by atoms with E-state index in [1.54, 1.807) is 54.6 Å². The highest BCUT2D eigenvalue weighted by atomic mass is 16.4. The minimum atomic E-state index is -1.13. The van der Waals surface area contributed by atoms with Crippen molar-refractivity contribution in [3.05, 3.63) is 144 Å². The summed E-state index contributed by atoms with van der Waals surface area (Å²) in [6.45, 7) is 0. The first-order chi connectivity index (χ1) is 15.9. The van der Waals surface area contributed by atoms with Crippen LogP contribution in [0.15, 0.2) is 127 Å². The third kappa shape index (κ3) is 12.6. The molecule has 0 aliphatic rings. The van der Waals surface area contributed by atoms with Crippen molar-refractivity contribution in [2.45, 2.75) is 0 Å². The Labute approximate surface area is 192 Å². The Morgan fingerprint density at radius 1 is 0.333 bits per heavy atom. The van der Waals surface area contributed by atoms with Crippen molar-refractivity contribution in [1.82, 2.24) is 0 Å². The SMILES string of the molecule is O=C([O-])c1ccccc1.O=C([O-])c1ccccc1.O=C([O-])c1ccccc1.c1ccccc1. The van der Waals surface area contributed by atoms with E-state index >= 15 is 0 Å². The molecule has 33 heavy (non-hydrogen) atoms. The second-order valence-electron chi connectivity index (χ2n) is 6.12. The maximum Gasteiger partial charge on any atom is 0.0715 e. The van der Waals surface area contributed by atoms with E-state index in [9.17, 15) is 29.7 Å². The molecule has 0 fully saturated rings. The summed E-state index contributed by atoms with van der Waals surface area (Å²) in [7, 11) is 0. The topological polar surface area (TPSA) is 120 Å². The monoisotopic (exact) mass is 441 g/mol. The summed E-state index contributed by atoms with van der Waals surface area (Å²) in [4.78, 5) is 30.3. The molecule has 0 aliphatic carbocycles. The number of benzene rings is 4. The molecule has 168 valence electrons. The van der Waals surface area contributed by atoms with Crippen LogP contribution >= 0.6 is 0 Å². The fraction of sp³-hybridized carbons (Fsp3) is 0. The number of hydrogen-bond acceptors (Lipinski definition) is 6. The number of carbonyl (C=O) groups is 3. The average molecular weight is 441 g/mol. The van der Waals surface area contributed by atoms with Crippen molar-refractivity contribution < 1.29 is 29.7 Å². The van der Waals surface area contributed by atoms with Gasteiger partial charge in [-0.25, -0.2) is 0 Å². The molecule has 4 aromatic carbocycles. The number of carboxylic acid groups (broad SMARTS) is 3. The summed E-state index contributed by atoms with van der Waals surface area (Å²) in [6.07, 6.45) is 0. The van der Waals surface area contributed by atoms with Gasteiger partial charge in [-0.2, -0.15) is 0 Å². The third-order valence-electron chi connectivity index (χ3n) is 3.70. The molecule has 0 saturated carbocycles. The molecule has 4 rings (SSSR count). The lowest BCUT2D eigenvalue weighted by molar-refractivity contribution is -0.256. The van der Waals surface area contributed by atoms with E-state index in [1.165, 1.54) is 36.4 Å². The van der Waals surface area contributed by atoms with E-state index in [-0.39, 0.29) is 16.7 Å². The zero-order valence-electron chi connectivity index (χ0n) is 17.6. The minimum absolute atomic E-state index is 0.220. The standard InChI is InChI=1S/3C7H6O2.C6H6/c3*8-7(9)6-4-2-1-3-5-6;1-2-4-6-5-3-1/h3*1-5H,(H,8,9);1-6H/p-3. The number of carboxylic acids is 3. The van der Waals surface area contributed by atoms with Crippen LogP contribution in [0.5, 0.6) is 0 Å². The van der Waals surface area contributed by atoms with Gasteiger partial charge in [0.15, 0.2) is 0 Å². The van der Waals surface area contributed by atoms with Crippen LogP contribution in [0, 0.1) is 0 Å². The van der Waals surface area contributed by atoms with Crippen molar-refractivity contribution in [1.29, 1.82) is 0 Å². The van der Waals surface area contributed by atoms with Crippen molar-refractivity contribution in [3.63, 3.8) is 0 Å². The molecule has 0 saturated heterocycles. The number of aromatic carboxylic acids is 3. The first-order valence-corrected chi connectivity index (χ1v) is 9.71. The lowest BCUT2D eigenvalue weighted by Crippen LogP contribution is -2.21. The van der Waals surface area contributed by atoms with E-state index in [0.717, 1.165) is 0 Å². The quantitative estimate of drug-likeness (QED) is 0.478. The number of hydrogen-bond donors (Lipinski definition) is 0. The van der Waals surface area contributed by atoms with Crippen LogP contribution in [0.4, 0.5) is 0 Å². The van der Waals surface area contributed by atoms with Crippen LogP contribution in [0.3, 0.4) is 0 Å². The van der Waals surface area contributed by atoms with Gasteiger partial charge >= 0.3 is 0 Å². The summed E-state index contributed by atoms with van der Waals surface area (Å²) in [5.74, 6) is -3.39. The van der Waals surface area contributed by atoms with Crippen molar-refractivity contribution >= 4 is 17.9 Å². The highest BCUT2D eigenvalue weighted by Gasteiger charge is 1.87. The Bertz CT molecular complexity index is 922.